The van der Waals surface area contributed by atoms with Gasteiger partial charge in [-0.2, -0.15) is 0 Å². The van der Waals surface area contributed by atoms with Crippen LogP contribution in [-0.2, 0) is 28.9 Å². The number of rotatable bonds is 7. The molecule has 2 unspecified atom stereocenters. The number of carbonyl (C=O) groups is 2. The zero-order valence-corrected chi connectivity index (χ0v) is 18.9. The molecule has 0 radical (unpaired) electrons. The summed E-state index contributed by atoms with van der Waals surface area (Å²) < 4.78 is 30.1. The predicted molar refractivity (Wildman–Crippen MR) is 122 cm³/mol. The molecular formula is C26H28F2N2O3. The van der Waals surface area contributed by atoms with Gasteiger partial charge in [0.1, 0.15) is 17.7 Å². The topological polar surface area (TPSA) is 62.5 Å². The highest BCUT2D eigenvalue weighted by Gasteiger charge is 2.33. The van der Waals surface area contributed by atoms with Crippen LogP contribution < -0.4 is 0 Å². The molecule has 2 aromatic carbocycles. The van der Waals surface area contributed by atoms with Crippen LogP contribution in [0.15, 0.2) is 42.5 Å². The Morgan fingerprint density at radius 1 is 1.21 bits per heavy atom. The highest BCUT2D eigenvalue weighted by atomic mass is 19.1. The van der Waals surface area contributed by atoms with Gasteiger partial charge in [-0.1, -0.05) is 25.1 Å². The minimum Gasteiger partial charge on any atom is -0.480 e. The summed E-state index contributed by atoms with van der Waals surface area (Å²) >= 11 is 0. The summed E-state index contributed by atoms with van der Waals surface area (Å²) in [6.07, 6.45) is 2.58. The standard InChI is InChI=1S/C26H28F2N2O3/c1-3-23(26(32)33)30-24-10-8-18(27)14-20(24)21-15-19(9-11-25(21)30)29(16(2)31)13-12-17-6-4-5-7-22(17)28/h4-8,10,14,19,23H,3,9,11-13,15H2,1-2H3,(H,32,33). The Morgan fingerprint density at radius 3 is 2.64 bits per heavy atom. The van der Waals surface area contributed by atoms with Crippen molar-refractivity contribution in [3.05, 3.63) is 70.9 Å². The van der Waals surface area contributed by atoms with Crippen molar-refractivity contribution in [3.63, 3.8) is 0 Å². The van der Waals surface area contributed by atoms with Gasteiger partial charge in [-0.3, -0.25) is 4.79 Å². The summed E-state index contributed by atoms with van der Waals surface area (Å²) in [7, 11) is 0. The lowest BCUT2D eigenvalue weighted by atomic mass is 9.89. The van der Waals surface area contributed by atoms with Crippen molar-refractivity contribution >= 4 is 22.8 Å². The summed E-state index contributed by atoms with van der Waals surface area (Å²) in [5.41, 5.74) is 3.07. The first kappa shape index (κ1) is 23.0. The maximum Gasteiger partial charge on any atom is 0.326 e. The first-order chi connectivity index (χ1) is 15.8. The van der Waals surface area contributed by atoms with Gasteiger partial charge in [-0.05, 0) is 67.5 Å². The molecular weight excluding hydrogens is 426 g/mol. The van der Waals surface area contributed by atoms with Crippen LogP contribution in [0.5, 0.6) is 0 Å². The molecule has 174 valence electrons. The average molecular weight is 455 g/mol. The zero-order valence-electron chi connectivity index (χ0n) is 18.9. The Kier molecular flexibility index (Phi) is 6.49. The molecule has 4 rings (SSSR count). The quantitative estimate of drug-likeness (QED) is 0.552. The molecule has 3 aromatic rings. The molecule has 1 aliphatic rings. The SMILES string of the molecule is CCC(C(=O)O)n1c2c(c3cc(F)ccc31)CC(N(CCc1ccccc1F)C(C)=O)CC2. The predicted octanol–water partition coefficient (Wildman–Crippen LogP) is 4.90. The number of carboxylic acid groups (broad SMARTS) is 1. The number of benzene rings is 2. The van der Waals surface area contributed by atoms with Crippen LogP contribution >= 0.6 is 0 Å². The van der Waals surface area contributed by atoms with Gasteiger partial charge in [0.25, 0.3) is 0 Å². The number of aromatic nitrogens is 1. The lowest BCUT2D eigenvalue weighted by molar-refractivity contribution is -0.141. The van der Waals surface area contributed by atoms with Gasteiger partial charge in [0.2, 0.25) is 5.91 Å². The largest absolute Gasteiger partial charge is 0.480 e. The van der Waals surface area contributed by atoms with Crippen molar-refractivity contribution in [1.82, 2.24) is 9.47 Å². The van der Waals surface area contributed by atoms with Crippen LogP contribution in [0.2, 0.25) is 0 Å². The molecule has 0 spiro atoms. The van der Waals surface area contributed by atoms with E-state index in [-0.39, 0.29) is 23.6 Å². The maximum atomic E-state index is 14.2. The molecule has 5 nitrogen and oxygen atoms in total. The molecule has 0 saturated carbocycles. The van der Waals surface area contributed by atoms with E-state index in [9.17, 15) is 23.5 Å². The second-order valence-corrected chi connectivity index (χ2v) is 8.67. The van der Waals surface area contributed by atoms with E-state index in [1.165, 1.54) is 25.1 Å². The number of nitrogens with zero attached hydrogens (tertiary/aromatic N) is 2. The molecule has 0 fully saturated rings. The van der Waals surface area contributed by atoms with E-state index in [0.717, 1.165) is 11.3 Å². The molecule has 7 heteroatoms. The van der Waals surface area contributed by atoms with Crippen LogP contribution in [0.25, 0.3) is 10.9 Å². The molecule has 1 amide bonds. The van der Waals surface area contributed by atoms with E-state index in [1.807, 2.05) is 11.5 Å². The number of hydrogen-bond donors (Lipinski definition) is 1. The number of carboxylic acids is 1. The van der Waals surface area contributed by atoms with Crippen LogP contribution in [-0.4, -0.2) is 39.0 Å². The second kappa shape index (κ2) is 9.33. The molecule has 0 bridgehead atoms. The van der Waals surface area contributed by atoms with E-state index in [0.29, 0.717) is 55.1 Å². The lowest BCUT2D eigenvalue weighted by Crippen LogP contribution is -2.43. The van der Waals surface area contributed by atoms with Crippen molar-refractivity contribution in [1.29, 1.82) is 0 Å². The fourth-order valence-electron chi connectivity index (χ4n) is 5.18. The number of halogens is 2. The van der Waals surface area contributed by atoms with Crippen molar-refractivity contribution in [3.8, 4) is 0 Å². The lowest BCUT2D eigenvalue weighted by Gasteiger charge is -2.35. The molecule has 33 heavy (non-hydrogen) atoms. The normalized spacial score (nSPS) is 16.4. The smallest absolute Gasteiger partial charge is 0.326 e. The van der Waals surface area contributed by atoms with E-state index in [4.69, 9.17) is 0 Å². The zero-order chi connectivity index (χ0) is 23.7. The number of amides is 1. The summed E-state index contributed by atoms with van der Waals surface area (Å²) in [4.78, 5) is 26.2. The van der Waals surface area contributed by atoms with Gasteiger partial charge < -0.3 is 14.6 Å². The molecule has 1 heterocycles. The Bertz CT molecular complexity index is 1200. The number of carbonyl (C=O) groups excluding carboxylic acids is 1. The number of hydrogen-bond acceptors (Lipinski definition) is 2. The third-order valence-corrected chi connectivity index (χ3v) is 6.75. The van der Waals surface area contributed by atoms with Crippen LogP contribution in [0.1, 0.15) is 49.6 Å². The first-order valence-electron chi connectivity index (χ1n) is 11.4. The molecule has 2 atom stereocenters. The second-order valence-electron chi connectivity index (χ2n) is 8.67. The Hall–Kier alpha value is -3.22. The van der Waals surface area contributed by atoms with E-state index in [2.05, 4.69) is 0 Å². The minimum atomic E-state index is -0.918. The summed E-state index contributed by atoms with van der Waals surface area (Å²) in [6.45, 7) is 3.72. The fraction of sp³-hybridized carbons (Fsp3) is 0.385. The third kappa shape index (κ3) is 4.36. The Morgan fingerprint density at radius 2 is 1.97 bits per heavy atom. The van der Waals surface area contributed by atoms with E-state index in [1.54, 1.807) is 29.2 Å². The average Bonchev–Trinajstić information content (AvgIpc) is 3.08. The van der Waals surface area contributed by atoms with Gasteiger partial charge in [-0.15, -0.1) is 0 Å². The first-order valence-corrected chi connectivity index (χ1v) is 11.4. The van der Waals surface area contributed by atoms with Gasteiger partial charge in [0, 0.05) is 36.1 Å². The molecule has 1 aliphatic carbocycles. The van der Waals surface area contributed by atoms with Crippen molar-refractivity contribution in [2.45, 2.75) is 58.0 Å². The summed E-state index contributed by atoms with van der Waals surface area (Å²) in [6, 6.07) is 10.2. The third-order valence-electron chi connectivity index (χ3n) is 6.75. The van der Waals surface area contributed by atoms with Gasteiger partial charge in [0.15, 0.2) is 0 Å². The van der Waals surface area contributed by atoms with Gasteiger partial charge in [0.05, 0.1) is 0 Å². The van der Waals surface area contributed by atoms with E-state index < -0.39 is 12.0 Å². The van der Waals surface area contributed by atoms with Crippen molar-refractivity contribution in [2.24, 2.45) is 0 Å². The number of aliphatic carboxylic acids is 1. The summed E-state index contributed by atoms with van der Waals surface area (Å²) in [5, 5.41) is 10.5. The van der Waals surface area contributed by atoms with Crippen LogP contribution in [0, 0.1) is 11.6 Å². The molecule has 1 aromatic heterocycles. The van der Waals surface area contributed by atoms with E-state index >= 15 is 0 Å². The highest BCUT2D eigenvalue weighted by molar-refractivity contribution is 5.88. The van der Waals surface area contributed by atoms with Crippen LogP contribution in [0.4, 0.5) is 8.78 Å². The fourth-order valence-corrected chi connectivity index (χ4v) is 5.18. The Balaban J connectivity index is 1.68. The summed E-state index contributed by atoms with van der Waals surface area (Å²) in [5.74, 6) is -1.67. The number of fused-ring (bicyclic) bond motifs is 3. The molecule has 0 saturated heterocycles. The van der Waals surface area contributed by atoms with Gasteiger partial charge in [-0.25, -0.2) is 13.6 Å². The highest BCUT2D eigenvalue weighted by Crippen LogP contribution is 2.37. The van der Waals surface area contributed by atoms with Crippen molar-refractivity contribution < 1.29 is 23.5 Å². The van der Waals surface area contributed by atoms with Gasteiger partial charge >= 0.3 is 5.97 Å². The maximum absolute atomic E-state index is 14.2. The van der Waals surface area contributed by atoms with Crippen molar-refractivity contribution in [2.75, 3.05) is 6.54 Å². The minimum absolute atomic E-state index is 0.0910. The monoisotopic (exact) mass is 454 g/mol. The van der Waals surface area contributed by atoms with Crippen LogP contribution in [0.3, 0.4) is 0 Å². The Labute approximate surface area is 191 Å². The molecule has 1 N–H and O–H groups in total. The molecule has 0 aliphatic heterocycles.